The lowest BCUT2D eigenvalue weighted by Gasteiger charge is -2.41. The third kappa shape index (κ3) is 6.11. The van der Waals surface area contributed by atoms with Gasteiger partial charge >= 0.3 is 0 Å². The molecule has 1 aromatic rings. The first-order chi connectivity index (χ1) is 13.9. The van der Waals surface area contributed by atoms with E-state index in [1.807, 2.05) is 30.0 Å². The lowest BCUT2D eigenvalue weighted by atomic mass is 9.76. The van der Waals surface area contributed by atoms with Crippen LogP contribution < -0.4 is 10.5 Å². The van der Waals surface area contributed by atoms with E-state index in [-0.39, 0.29) is 23.7 Å². The lowest BCUT2D eigenvalue weighted by Crippen LogP contribution is -2.47. The van der Waals surface area contributed by atoms with Crippen molar-refractivity contribution in [2.75, 3.05) is 19.7 Å². The number of ether oxygens (including phenoxy) is 1. The molecule has 160 valence electrons. The molecule has 5 nitrogen and oxygen atoms in total. The molecule has 1 aliphatic heterocycles. The van der Waals surface area contributed by atoms with Gasteiger partial charge in [-0.2, -0.15) is 0 Å². The number of carbonyl (C=O) groups excluding carboxylic acids is 2. The number of likely N-dealkylation sites (tertiary alicyclic amines) is 1. The molecule has 29 heavy (non-hydrogen) atoms. The van der Waals surface area contributed by atoms with Gasteiger partial charge in [-0.15, -0.1) is 0 Å². The van der Waals surface area contributed by atoms with Gasteiger partial charge in [-0.05, 0) is 55.9 Å². The molecule has 3 rings (SSSR count). The second-order valence-corrected chi connectivity index (χ2v) is 9.32. The molecular weight excluding hydrogens is 388 g/mol. The maximum absolute atomic E-state index is 12.6. The minimum Gasteiger partial charge on any atom is -0.493 e. The molecule has 0 spiro atoms. The van der Waals surface area contributed by atoms with Gasteiger partial charge in [-0.3, -0.25) is 9.59 Å². The summed E-state index contributed by atoms with van der Waals surface area (Å²) < 4.78 is 6.03. The van der Waals surface area contributed by atoms with E-state index in [2.05, 4.69) is 0 Å². The summed E-state index contributed by atoms with van der Waals surface area (Å²) in [5.41, 5.74) is 6.18. The quantitative estimate of drug-likeness (QED) is 0.673. The first-order valence-electron chi connectivity index (χ1n) is 10.8. The first kappa shape index (κ1) is 21.9. The van der Waals surface area contributed by atoms with Crippen molar-refractivity contribution in [3.05, 3.63) is 28.8 Å². The van der Waals surface area contributed by atoms with Crippen LogP contribution in [0.2, 0.25) is 5.02 Å². The summed E-state index contributed by atoms with van der Waals surface area (Å²) in [6.45, 7) is 3.69. The van der Waals surface area contributed by atoms with Crippen LogP contribution >= 0.6 is 11.6 Å². The Balaban J connectivity index is 1.54. The van der Waals surface area contributed by atoms with Crippen molar-refractivity contribution in [1.29, 1.82) is 0 Å². The standard InChI is InChI=1S/C23H33ClN2O3/c1-17-14-19(7-8-20(17)24)29-16-23(15-21(25)27)10-12-26(13-11-23)22(28)9-6-18-4-2-3-5-18/h7-8,14,18H,2-6,9-13,15-16H2,1H3,(H2,25,27). The van der Waals surface area contributed by atoms with E-state index in [1.165, 1.54) is 25.7 Å². The van der Waals surface area contributed by atoms with Gasteiger partial charge in [0, 0.05) is 36.4 Å². The Kier molecular flexibility index (Phi) is 7.44. The molecule has 0 unspecified atom stereocenters. The number of amides is 2. The van der Waals surface area contributed by atoms with Gasteiger partial charge < -0.3 is 15.4 Å². The topological polar surface area (TPSA) is 72.6 Å². The summed E-state index contributed by atoms with van der Waals surface area (Å²) in [4.78, 5) is 26.3. The number of carbonyl (C=O) groups is 2. The maximum atomic E-state index is 12.6. The Morgan fingerprint density at radius 3 is 2.55 bits per heavy atom. The van der Waals surface area contributed by atoms with Crippen LogP contribution in [0.25, 0.3) is 0 Å². The normalized spacial score (nSPS) is 19.3. The van der Waals surface area contributed by atoms with Gasteiger partial charge in [-0.25, -0.2) is 0 Å². The largest absolute Gasteiger partial charge is 0.493 e. The number of halogens is 1. The SMILES string of the molecule is Cc1cc(OCC2(CC(N)=O)CCN(C(=O)CCC3CCCC3)CC2)ccc1Cl. The number of rotatable bonds is 8. The zero-order valence-electron chi connectivity index (χ0n) is 17.4. The van der Waals surface area contributed by atoms with E-state index in [1.54, 1.807) is 0 Å². The molecule has 1 aliphatic carbocycles. The van der Waals surface area contributed by atoms with Crippen LogP contribution in [0.15, 0.2) is 18.2 Å². The molecule has 2 N–H and O–H groups in total. The van der Waals surface area contributed by atoms with E-state index in [4.69, 9.17) is 22.1 Å². The van der Waals surface area contributed by atoms with Gasteiger partial charge in [0.25, 0.3) is 0 Å². The monoisotopic (exact) mass is 420 g/mol. The molecular formula is C23H33ClN2O3. The van der Waals surface area contributed by atoms with Crippen molar-refractivity contribution in [2.24, 2.45) is 17.1 Å². The second kappa shape index (κ2) is 9.84. The highest BCUT2D eigenvalue weighted by Crippen LogP contribution is 2.37. The Hall–Kier alpha value is -1.75. The van der Waals surface area contributed by atoms with E-state index in [0.29, 0.717) is 31.1 Å². The fraction of sp³-hybridized carbons (Fsp3) is 0.652. The third-order valence-electron chi connectivity index (χ3n) is 6.64. The molecule has 1 heterocycles. The Morgan fingerprint density at radius 2 is 1.93 bits per heavy atom. The minimum atomic E-state index is -0.318. The van der Waals surface area contributed by atoms with Crippen LogP contribution in [0.4, 0.5) is 0 Å². The van der Waals surface area contributed by atoms with Crippen molar-refractivity contribution < 1.29 is 14.3 Å². The maximum Gasteiger partial charge on any atom is 0.222 e. The van der Waals surface area contributed by atoms with Gasteiger partial charge in [0.15, 0.2) is 0 Å². The summed E-state index contributed by atoms with van der Waals surface area (Å²) in [6, 6.07) is 5.57. The fourth-order valence-corrected chi connectivity index (χ4v) is 4.82. The number of nitrogens with zero attached hydrogens (tertiary/aromatic N) is 1. The number of primary amides is 1. The molecule has 1 aromatic carbocycles. The van der Waals surface area contributed by atoms with Crippen molar-refractivity contribution in [3.8, 4) is 5.75 Å². The predicted octanol–water partition coefficient (Wildman–Crippen LogP) is 4.48. The molecule has 0 aromatic heterocycles. The van der Waals surface area contributed by atoms with E-state index in [9.17, 15) is 9.59 Å². The first-order valence-corrected chi connectivity index (χ1v) is 11.2. The molecule has 0 bridgehead atoms. The average Bonchev–Trinajstić information content (AvgIpc) is 3.21. The van der Waals surface area contributed by atoms with Gasteiger partial charge in [-0.1, -0.05) is 37.3 Å². The third-order valence-corrected chi connectivity index (χ3v) is 7.07. The molecule has 0 radical (unpaired) electrons. The number of aryl methyl sites for hydroxylation is 1. The average molecular weight is 421 g/mol. The number of hydrogen-bond acceptors (Lipinski definition) is 3. The van der Waals surface area contributed by atoms with Crippen LogP contribution in [-0.4, -0.2) is 36.4 Å². The molecule has 2 fully saturated rings. The lowest BCUT2D eigenvalue weighted by molar-refractivity contribution is -0.134. The summed E-state index contributed by atoms with van der Waals surface area (Å²) in [6.07, 6.45) is 8.58. The minimum absolute atomic E-state index is 0.249. The van der Waals surface area contributed by atoms with Gasteiger partial charge in [0.1, 0.15) is 5.75 Å². The van der Waals surface area contributed by atoms with Gasteiger partial charge in [0.05, 0.1) is 6.61 Å². The summed E-state index contributed by atoms with van der Waals surface area (Å²) >= 11 is 6.08. The summed E-state index contributed by atoms with van der Waals surface area (Å²) in [5.74, 6) is 1.40. The molecule has 1 saturated carbocycles. The van der Waals surface area contributed by atoms with Crippen LogP contribution in [0, 0.1) is 18.3 Å². The van der Waals surface area contributed by atoms with E-state index >= 15 is 0 Å². The predicted molar refractivity (Wildman–Crippen MR) is 115 cm³/mol. The van der Waals surface area contributed by atoms with Crippen LogP contribution in [0.1, 0.15) is 63.4 Å². The smallest absolute Gasteiger partial charge is 0.222 e. The van der Waals surface area contributed by atoms with Crippen molar-refractivity contribution in [1.82, 2.24) is 4.90 Å². The number of benzene rings is 1. The zero-order chi connectivity index (χ0) is 20.9. The Bertz CT molecular complexity index is 723. The molecule has 2 amide bonds. The van der Waals surface area contributed by atoms with Crippen LogP contribution in [0.3, 0.4) is 0 Å². The van der Waals surface area contributed by atoms with Crippen LogP contribution in [-0.2, 0) is 9.59 Å². The Labute approximate surface area is 178 Å². The Morgan fingerprint density at radius 1 is 1.24 bits per heavy atom. The molecule has 0 atom stereocenters. The van der Waals surface area contributed by atoms with Crippen LogP contribution in [0.5, 0.6) is 5.75 Å². The summed E-state index contributed by atoms with van der Waals surface area (Å²) in [5, 5.41) is 0.702. The fourth-order valence-electron chi connectivity index (χ4n) is 4.70. The van der Waals surface area contributed by atoms with E-state index < -0.39 is 0 Å². The van der Waals surface area contributed by atoms with Crippen molar-refractivity contribution in [3.63, 3.8) is 0 Å². The zero-order valence-corrected chi connectivity index (χ0v) is 18.2. The van der Waals surface area contributed by atoms with Crippen molar-refractivity contribution >= 4 is 23.4 Å². The molecule has 1 saturated heterocycles. The molecule has 2 aliphatic rings. The van der Waals surface area contributed by atoms with E-state index in [0.717, 1.165) is 36.5 Å². The highest BCUT2D eigenvalue weighted by atomic mass is 35.5. The van der Waals surface area contributed by atoms with Gasteiger partial charge in [0.2, 0.25) is 11.8 Å². The number of nitrogens with two attached hydrogens (primary N) is 1. The van der Waals surface area contributed by atoms with Crippen molar-refractivity contribution in [2.45, 2.75) is 64.7 Å². The highest BCUT2D eigenvalue weighted by molar-refractivity contribution is 6.31. The highest BCUT2D eigenvalue weighted by Gasteiger charge is 2.38. The number of piperidine rings is 1. The number of hydrogen-bond donors (Lipinski definition) is 1. The molecule has 6 heteroatoms. The second-order valence-electron chi connectivity index (χ2n) is 8.91. The summed E-state index contributed by atoms with van der Waals surface area (Å²) in [7, 11) is 0.